The van der Waals surface area contributed by atoms with Crippen molar-refractivity contribution in [2.45, 2.75) is 10.9 Å². The third-order valence-electron chi connectivity index (χ3n) is 2.23. The normalized spacial score (nSPS) is 23.1. The fourth-order valence-corrected chi connectivity index (χ4v) is 2.65. The van der Waals surface area contributed by atoms with Gasteiger partial charge in [-0.3, -0.25) is 0 Å². The highest BCUT2D eigenvalue weighted by atomic mass is 32.2. The van der Waals surface area contributed by atoms with Gasteiger partial charge in [-0.1, -0.05) is 24.3 Å². The van der Waals surface area contributed by atoms with Gasteiger partial charge < -0.3 is 0 Å². The molecule has 1 aromatic rings. The maximum Gasteiger partial charge on any atom is 0.104 e. The van der Waals surface area contributed by atoms with E-state index in [0.29, 0.717) is 6.04 Å². The molecule has 2 aliphatic heterocycles. The van der Waals surface area contributed by atoms with Gasteiger partial charge in [0, 0.05) is 23.1 Å². The third kappa shape index (κ3) is 1.00. The molecule has 3 rings (SSSR count). The van der Waals surface area contributed by atoms with Crippen LogP contribution in [-0.4, -0.2) is 10.6 Å². The molecule has 64 valence electrons. The number of fused-ring (bicyclic) bond motifs is 3. The Morgan fingerprint density at radius 1 is 1.31 bits per heavy atom. The molecule has 2 aliphatic rings. The molecule has 1 unspecified atom stereocenters. The van der Waals surface area contributed by atoms with Crippen LogP contribution in [0.4, 0.5) is 0 Å². The Bertz CT molecular complexity index is 398. The summed E-state index contributed by atoms with van der Waals surface area (Å²) in [6, 6.07) is 8.79. The van der Waals surface area contributed by atoms with Gasteiger partial charge in [-0.15, -0.1) is 0 Å². The molecule has 2 nitrogen and oxygen atoms in total. The summed E-state index contributed by atoms with van der Waals surface area (Å²) in [4.78, 5) is 1.32. The van der Waals surface area contributed by atoms with Gasteiger partial charge in [0.15, 0.2) is 0 Å². The number of benzene rings is 1. The van der Waals surface area contributed by atoms with Gasteiger partial charge in [0.05, 0.1) is 0 Å². The van der Waals surface area contributed by atoms with E-state index in [1.807, 2.05) is 16.7 Å². The quantitative estimate of drug-likeness (QED) is 0.581. The Labute approximate surface area is 81.1 Å². The third-order valence-corrected chi connectivity index (χ3v) is 3.30. The molecular weight excluding hydrogens is 180 g/mol. The molecule has 0 N–H and O–H groups in total. The van der Waals surface area contributed by atoms with Crippen molar-refractivity contribution in [1.29, 1.82) is 0 Å². The molecule has 0 fully saturated rings. The monoisotopic (exact) mass is 188 g/mol. The van der Waals surface area contributed by atoms with Gasteiger partial charge in [-0.05, 0) is 17.7 Å². The highest BCUT2D eigenvalue weighted by molar-refractivity contribution is 7.97. The molecule has 0 saturated carbocycles. The van der Waals surface area contributed by atoms with Gasteiger partial charge >= 0.3 is 0 Å². The zero-order valence-corrected chi connectivity index (χ0v) is 7.74. The topological polar surface area (TPSA) is 15.6 Å². The van der Waals surface area contributed by atoms with E-state index in [1.54, 1.807) is 11.9 Å². The van der Waals surface area contributed by atoms with E-state index in [9.17, 15) is 0 Å². The first-order chi connectivity index (χ1) is 6.45. The van der Waals surface area contributed by atoms with E-state index < -0.39 is 0 Å². The van der Waals surface area contributed by atoms with Crippen LogP contribution in [0.1, 0.15) is 11.6 Å². The summed E-state index contributed by atoms with van der Waals surface area (Å²) in [5.74, 6) is 0. The molecule has 1 atom stereocenters. The minimum absolute atomic E-state index is 0.339. The van der Waals surface area contributed by atoms with Crippen LogP contribution >= 0.6 is 11.9 Å². The van der Waals surface area contributed by atoms with Crippen LogP contribution in [0, 0.1) is 0 Å². The first kappa shape index (κ1) is 7.21. The zero-order valence-electron chi connectivity index (χ0n) is 6.92. The lowest BCUT2D eigenvalue weighted by atomic mass is 10.1. The van der Waals surface area contributed by atoms with Crippen molar-refractivity contribution in [3.05, 3.63) is 42.0 Å². The summed E-state index contributed by atoms with van der Waals surface area (Å²) in [6.07, 6.45) is 6.00. The van der Waals surface area contributed by atoms with Crippen molar-refractivity contribution in [3.8, 4) is 0 Å². The van der Waals surface area contributed by atoms with Gasteiger partial charge in [0.2, 0.25) is 0 Å². The first-order valence-electron chi connectivity index (χ1n) is 4.22. The second-order valence-corrected chi connectivity index (χ2v) is 4.02. The second kappa shape index (κ2) is 2.64. The van der Waals surface area contributed by atoms with E-state index in [4.69, 9.17) is 0 Å². The number of rotatable bonds is 0. The number of nitrogens with zero attached hydrogens (tertiary/aromatic N) is 2. The van der Waals surface area contributed by atoms with Crippen molar-refractivity contribution >= 4 is 18.2 Å². The SMILES string of the molecule is C1=CC2c3ccccc3SN2N=C1. The number of hydrazone groups is 1. The van der Waals surface area contributed by atoms with Gasteiger partial charge in [0.1, 0.15) is 6.04 Å². The lowest BCUT2D eigenvalue weighted by Gasteiger charge is -2.18. The van der Waals surface area contributed by atoms with Gasteiger partial charge in [0.25, 0.3) is 0 Å². The largest absolute Gasteiger partial charge is 0.223 e. The molecule has 0 aromatic heterocycles. The molecule has 0 spiro atoms. The van der Waals surface area contributed by atoms with Crippen LogP contribution in [-0.2, 0) is 0 Å². The van der Waals surface area contributed by atoms with Crippen molar-refractivity contribution in [2.75, 3.05) is 0 Å². The molecule has 0 aliphatic carbocycles. The van der Waals surface area contributed by atoms with Crippen LogP contribution in [0.3, 0.4) is 0 Å². The lowest BCUT2D eigenvalue weighted by Crippen LogP contribution is -2.11. The summed E-state index contributed by atoms with van der Waals surface area (Å²) >= 11 is 1.70. The Morgan fingerprint density at radius 2 is 2.23 bits per heavy atom. The highest BCUT2D eigenvalue weighted by Gasteiger charge is 2.28. The van der Waals surface area contributed by atoms with Crippen LogP contribution < -0.4 is 0 Å². The highest BCUT2D eigenvalue weighted by Crippen LogP contribution is 2.45. The zero-order chi connectivity index (χ0) is 8.67. The number of hydrogen-bond acceptors (Lipinski definition) is 3. The summed E-state index contributed by atoms with van der Waals surface area (Å²) < 4.78 is 2.03. The van der Waals surface area contributed by atoms with Crippen molar-refractivity contribution in [1.82, 2.24) is 4.41 Å². The van der Waals surface area contributed by atoms with E-state index in [-0.39, 0.29) is 0 Å². The van der Waals surface area contributed by atoms with Gasteiger partial charge in [-0.25, -0.2) is 4.41 Å². The molecular formula is C10H8N2S. The Kier molecular flexibility index (Phi) is 1.46. The maximum absolute atomic E-state index is 4.29. The van der Waals surface area contributed by atoms with E-state index in [1.165, 1.54) is 10.5 Å². The minimum atomic E-state index is 0.339. The standard InChI is InChI=1S/C10H8N2S/c1-2-6-10-8(4-1)9-5-3-7-11-12(9)13-10/h1-7,9H. The molecule has 13 heavy (non-hydrogen) atoms. The minimum Gasteiger partial charge on any atom is -0.223 e. The Hall–Kier alpha value is -1.22. The smallest absolute Gasteiger partial charge is 0.104 e. The lowest BCUT2D eigenvalue weighted by molar-refractivity contribution is 0.450. The van der Waals surface area contributed by atoms with Crippen LogP contribution in [0.25, 0.3) is 0 Å². The number of hydrogen-bond donors (Lipinski definition) is 0. The van der Waals surface area contributed by atoms with E-state index in [2.05, 4.69) is 35.4 Å². The van der Waals surface area contributed by atoms with Crippen LogP contribution in [0.2, 0.25) is 0 Å². The van der Waals surface area contributed by atoms with Crippen LogP contribution in [0.5, 0.6) is 0 Å². The molecule has 1 aromatic carbocycles. The Morgan fingerprint density at radius 3 is 3.23 bits per heavy atom. The Balaban J connectivity index is 2.12. The maximum atomic E-state index is 4.29. The summed E-state index contributed by atoms with van der Waals surface area (Å²) in [5.41, 5.74) is 1.36. The van der Waals surface area contributed by atoms with Crippen LogP contribution in [0.15, 0.2) is 46.4 Å². The van der Waals surface area contributed by atoms with E-state index in [0.717, 1.165) is 0 Å². The van der Waals surface area contributed by atoms with Crippen molar-refractivity contribution < 1.29 is 0 Å². The average molecular weight is 188 g/mol. The van der Waals surface area contributed by atoms with Gasteiger partial charge in [-0.2, -0.15) is 5.10 Å². The first-order valence-corrected chi connectivity index (χ1v) is 4.99. The summed E-state index contributed by atoms with van der Waals surface area (Å²) in [6.45, 7) is 0. The molecule has 0 radical (unpaired) electrons. The summed E-state index contributed by atoms with van der Waals surface area (Å²) in [5, 5.41) is 4.29. The fraction of sp³-hybridized carbons (Fsp3) is 0.100. The molecule has 2 heterocycles. The molecule has 0 saturated heterocycles. The second-order valence-electron chi connectivity index (χ2n) is 3.03. The van der Waals surface area contributed by atoms with E-state index >= 15 is 0 Å². The predicted molar refractivity (Wildman–Crippen MR) is 54.5 cm³/mol. The average Bonchev–Trinajstić information content (AvgIpc) is 2.56. The molecule has 0 bridgehead atoms. The van der Waals surface area contributed by atoms with Crippen molar-refractivity contribution in [2.24, 2.45) is 5.10 Å². The number of allylic oxidation sites excluding steroid dienone is 1. The fourth-order valence-electron chi connectivity index (χ4n) is 1.62. The molecule has 0 amide bonds. The van der Waals surface area contributed by atoms with Crippen molar-refractivity contribution in [3.63, 3.8) is 0 Å². The molecule has 3 heteroatoms. The summed E-state index contributed by atoms with van der Waals surface area (Å²) in [7, 11) is 0. The predicted octanol–water partition coefficient (Wildman–Crippen LogP) is 2.61.